The summed E-state index contributed by atoms with van der Waals surface area (Å²) < 4.78 is 5.44. The highest BCUT2D eigenvalue weighted by atomic mass is 16.6. The van der Waals surface area contributed by atoms with E-state index in [4.69, 9.17) is 4.74 Å². The van der Waals surface area contributed by atoms with Crippen molar-refractivity contribution in [3.8, 4) is 0 Å². The number of benzene rings is 1. The maximum absolute atomic E-state index is 11.9. The average molecular weight is 228 g/mol. The van der Waals surface area contributed by atoms with E-state index in [1.54, 1.807) is 0 Å². The number of ether oxygens (including phenoxy) is 1. The van der Waals surface area contributed by atoms with Crippen molar-refractivity contribution >= 4 is 12.0 Å². The number of carbonyl (C=O) groups is 1. The molecule has 2 heteroatoms. The Kier molecular flexibility index (Phi) is 2.71. The minimum atomic E-state index is -0.106. The first kappa shape index (κ1) is 10.6. The third-order valence-corrected chi connectivity index (χ3v) is 3.72. The molecule has 1 heterocycles. The molecule has 1 aromatic carbocycles. The highest BCUT2D eigenvalue weighted by Gasteiger charge is 2.40. The van der Waals surface area contributed by atoms with Crippen LogP contribution in [-0.2, 0) is 9.53 Å². The second-order valence-corrected chi connectivity index (χ2v) is 4.85. The molecule has 3 rings (SSSR count). The molecule has 0 amide bonds. The van der Waals surface area contributed by atoms with Gasteiger partial charge in [0.25, 0.3) is 0 Å². The van der Waals surface area contributed by atoms with Crippen LogP contribution in [0.3, 0.4) is 0 Å². The van der Waals surface area contributed by atoms with Crippen LogP contribution in [0.2, 0.25) is 0 Å². The van der Waals surface area contributed by atoms with Gasteiger partial charge in [-0.1, -0.05) is 36.8 Å². The Labute approximate surface area is 101 Å². The SMILES string of the molecule is O=C1O[C@@H]2CCCC[C@H]2/C1=C/c1ccccc1. The molecule has 2 nitrogen and oxygen atoms in total. The zero-order valence-electron chi connectivity index (χ0n) is 9.76. The minimum absolute atomic E-state index is 0.106. The maximum Gasteiger partial charge on any atom is 0.334 e. The van der Waals surface area contributed by atoms with Gasteiger partial charge in [-0.25, -0.2) is 4.79 Å². The van der Waals surface area contributed by atoms with Gasteiger partial charge >= 0.3 is 5.97 Å². The van der Waals surface area contributed by atoms with Crippen LogP contribution < -0.4 is 0 Å². The van der Waals surface area contributed by atoms with Crippen molar-refractivity contribution in [1.29, 1.82) is 0 Å². The molecule has 0 N–H and O–H groups in total. The van der Waals surface area contributed by atoms with Crippen molar-refractivity contribution in [3.63, 3.8) is 0 Å². The molecule has 2 fully saturated rings. The van der Waals surface area contributed by atoms with Crippen LogP contribution in [0, 0.1) is 5.92 Å². The highest BCUT2D eigenvalue weighted by Crippen LogP contribution is 2.39. The van der Waals surface area contributed by atoms with Crippen molar-refractivity contribution < 1.29 is 9.53 Å². The van der Waals surface area contributed by atoms with Gasteiger partial charge in [0.15, 0.2) is 0 Å². The summed E-state index contributed by atoms with van der Waals surface area (Å²) in [6.45, 7) is 0. The molecule has 0 aromatic heterocycles. The number of esters is 1. The van der Waals surface area contributed by atoms with E-state index in [1.165, 1.54) is 12.8 Å². The Morgan fingerprint density at radius 1 is 1.12 bits per heavy atom. The van der Waals surface area contributed by atoms with E-state index in [1.807, 2.05) is 36.4 Å². The summed E-state index contributed by atoms with van der Waals surface area (Å²) in [5.41, 5.74) is 1.96. The van der Waals surface area contributed by atoms with Gasteiger partial charge in [0.1, 0.15) is 6.10 Å². The Morgan fingerprint density at radius 3 is 2.71 bits per heavy atom. The number of carbonyl (C=O) groups excluding carboxylic acids is 1. The van der Waals surface area contributed by atoms with Gasteiger partial charge in [-0.15, -0.1) is 0 Å². The van der Waals surface area contributed by atoms with Crippen LogP contribution >= 0.6 is 0 Å². The number of fused-ring (bicyclic) bond motifs is 1. The normalized spacial score (nSPS) is 30.1. The smallest absolute Gasteiger partial charge is 0.334 e. The second kappa shape index (κ2) is 4.36. The lowest BCUT2D eigenvalue weighted by Crippen LogP contribution is -2.20. The fourth-order valence-electron chi connectivity index (χ4n) is 2.85. The summed E-state index contributed by atoms with van der Waals surface area (Å²) in [5.74, 6) is 0.224. The molecule has 0 radical (unpaired) electrons. The standard InChI is InChI=1S/C15H16O2/c16-15-13(10-11-6-2-1-3-7-11)12-8-4-5-9-14(12)17-15/h1-3,6-7,10,12,14H,4-5,8-9H2/b13-10-/t12-,14+/m0/s1. The van der Waals surface area contributed by atoms with Crippen LogP contribution in [0.25, 0.3) is 6.08 Å². The zero-order chi connectivity index (χ0) is 11.7. The molecular formula is C15H16O2. The minimum Gasteiger partial charge on any atom is -0.458 e. The Hall–Kier alpha value is -1.57. The van der Waals surface area contributed by atoms with E-state index < -0.39 is 0 Å². The summed E-state index contributed by atoms with van der Waals surface area (Å²) in [4.78, 5) is 11.9. The molecule has 1 saturated carbocycles. The van der Waals surface area contributed by atoms with Crippen molar-refractivity contribution in [2.45, 2.75) is 31.8 Å². The van der Waals surface area contributed by atoms with E-state index in [-0.39, 0.29) is 12.1 Å². The monoisotopic (exact) mass is 228 g/mol. The predicted octanol–water partition coefficient (Wildman–Crippen LogP) is 3.19. The molecule has 1 aliphatic carbocycles. The van der Waals surface area contributed by atoms with E-state index in [9.17, 15) is 4.79 Å². The fourth-order valence-corrected chi connectivity index (χ4v) is 2.85. The van der Waals surface area contributed by atoms with Gasteiger partial charge in [-0.3, -0.25) is 0 Å². The van der Waals surface area contributed by atoms with E-state index in [2.05, 4.69) is 0 Å². The summed E-state index contributed by atoms with van der Waals surface area (Å²) in [6.07, 6.45) is 6.67. The average Bonchev–Trinajstić information content (AvgIpc) is 2.68. The Balaban J connectivity index is 1.91. The lowest BCUT2D eigenvalue weighted by molar-refractivity contribution is -0.139. The number of hydrogen-bond donors (Lipinski definition) is 0. The van der Waals surface area contributed by atoms with E-state index in [0.29, 0.717) is 5.92 Å². The first-order chi connectivity index (χ1) is 8.34. The zero-order valence-corrected chi connectivity index (χ0v) is 9.76. The van der Waals surface area contributed by atoms with Gasteiger partial charge in [-0.05, 0) is 30.9 Å². The van der Waals surface area contributed by atoms with E-state index >= 15 is 0 Å². The molecule has 2 atom stereocenters. The quantitative estimate of drug-likeness (QED) is 0.545. The molecular weight excluding hydrogens is 212 g/mol. The van der Waals surface area contributed by atoms with Crippen LogP contribution in [-0.4, -0.2) is 12.1 Å². The summed E-state index contributed by atoms with van der Waals surface area (Å²) in [7, 11) is 0. The van der Waals surface area contributed by atoms with Gasteiger partial charge in [0, 0.05) is 11.5 Å². The largest absolute Gasteiger partial charge is 0.458 e. The second-order valence-electron chi connectivity index (χ2n) is 4.85. The first-order valence-electron chi connectivity index (χ1n) is 6.32. The number of hydrogen-bond acceptors (Lipinski definition) is 2. The fraction of sp³-hybridized carbons (Fsp3) is 0.400. The maximum atomic E-state index is 11.9. The van der Waals surface area contributed by atoms with Crippen LogP contribution in [0.5, 0.6) is 0 Å². The van der Waals surface area contributed by atoms with Gasteiger partial charge in [-0.2, -0.15) is 0 Å². The van der Waals surface area contributed by atoms with Gasteiger partial charge in [0.05, 0.1) is 0 Å². The summed E-state index contributed by atoms with van der Waals surface area (Å²) in [6, 6.07) is 10.0. The Morgan fingerprint density at radius 2 is 1.88 bits per heavy atom. The molecule has 0 unspecified atom stereocenters. The predicted molar refractivity (Wildman–Crippen MR) is 66.3 cm³/mol. The number of rotatable bonds is 1. The van der Waals surface area contributed by atoms with Gasteiger partial charge < -0.3 is 4.74 Å². The van der Waals surface area contributed by atoms with Crippen molar-refractivity contribution in [2.24, 2.45) is 5.92 Å². The molecule has 88 valence electrons. The third-order valence-electron chi connectivity index (χ3n) is 3.72. The molecule has 2 aliphatic rings. The molecule has 1 aromatic rings. The van der Waals surface area contributed by atoms with Gasteiger partial charge in [0.2, 0.25) is 0 Å². The molecule has 1 saturated heterocycles. The van der Waals surface area contributed by atoms with Crippen LogP contribution in [0.1, 0.15) is 31.2 Å². The summed E-state index contributed by atoms with van der Waals surface area (Å²) >= 11 is 0. The molecule has 1 aliphatic heterocycles. The molecule has 0 bridgehead atoms. The van der Waals surface area contributed by atoms with Crippen LogP contribution in [0.4, 0.5) is 0 Å². The van der Waals surface area contributed by atoms with Crippen molar-refractivity contribution in [3.05, 3.63) is 41.5 Å². The third kappa shape index (κ3) is 1.99. The summed E-state index contributed by atoms with van der Waals surface area (Å²) in [5, 5.41) is 0. The molecule has 0 spiro atoms. The lowest BCUT2D eigenvalue weighted by atomic mass is 9.83. The topological polar surface area (TPSA) is 26.3 Å². The highest BCUT2D eigenvalue weighted by molar-refractivity contribution is 5.96. The van der Waals surface area contributed by atoms with Crippen molar-refractivity contribution in [1.82, 2.24) is 0 Å². The first-order valence-corrected chi connectivity index (χ1v) is 6.32. The van der Waals surface area contributed by atoms with Crippen molar-refractivity contribution in [2.75, 3.05) is 0 Å². The Bertz CT molecular complexity index is 447. The molecule has 17 heavy (non-hydrogen) atoms. The van der Waals surface area contributed by atoms with Crippen LogP contribution in [0.15, 0.2) is 35.9 Å². The lowest BCUT2D eigenvalue weighted by Gasteiger charge is -2.22. The van der Waals surface area contributed by atoms with E-state index in [0.717, 1.165) is 24.0 Å².